The third-order valence-electron chi connectivity index (χ3n) is 5.18. The second kappa shape index (κ2) is 9.80. The Labute approximate surface area is 189 Å². The van der Waals surface area contributed by atoms with E-state index in [0.29, 0.717) is 5.56 Å². The minimum absolute atomic E-state index is 0.0898. The van der Waals surface area contributed by atoms with Crippen molar-refractivity contribution in [3.63, 3.8) is 0 Å². The van der Waals surface area contributed by atoms with Gasteiger partial charge in [-0.3, -0.25) is 4.79 Å². The number of piperidine rings is 1. The molecule has 1 saturated heterocycles. The van der Waals surface area contributed by atoms with E-state index in [9.17, 15) is 26.4 Å². The van der Waals surface area contributed by atoms with Crippen LogP contribution in [0.1, 0.15) is 30.9 Å². The lowest BCUT2D eigenvalue weighted by atomic mass is 9.98. The van der Waals surface area contributed by atoms with Crippen molar-refractivity contribution in [1.82, 2.24) is 4.31 Å². The molecule has 0 unspecified atom stereocenters. The molecule has 0 aromatic heterocycles. The molecule has 2 aromatic carbocycles. The molecule has 176 valence electrons. The molecule has 11 heteroatoms. The van der Waals surface area contributed by atoms with Crippen molar-refractivity contribution < 1.29 is 35.9 Å². The number of benzene rings is 2. The van der Waals surface area contributed by atoms with E-state index < -0.39 is 38.5 Å². The van der Waals surface area contributed by atoms with Gasteiger partial charge in [0, 0.05) is 19.2 Å². The van der Waals surface area contributed by atoms with Crippen LogP contribution in [0.5, 0.6) is 11.5 Å². The quantitative estimate of drug-likeness (QED) is 0.456. The SMILES string of the molecule is CCOc1cc(C#N)ccc1OC(=O)C1CCN(S(=O)(=O)c2ccccc2C(F)(F)F)CC1. The molecule has 0 spiro atoms. The molecule has 0 N–H and O–H groups in total. The second-order valence-electron chi connectivity index (χ2n) is 7.30. The number of esters is 1. The largest absolute Gasteiger partial charge is 0.490 e. The lowest BCUT2D eigenvalue weighted by Crippen LogP contribution is -2.41. The van der Waals surface area contributed by atoms with E-state index >= 15 is 0 Å². The second-order valence-corrected chi connectivity index (χ2v) is 9.21. The van der Waals surface area contributed by atoms with E-state index in [4.69, 9.17) is 14.7 Å². The van der Waals surface area contributed by atoms with E-state index in [0.717, 1.165) is 22.5 Å². The molecule has 0 amide bonds. The molecule has 0 saturated carbocycles. The summed E-state index contributed by atoms with van der Waals surface area (Å²) < 4.78 is 77.4. The summed E-state index contributed by atoms with van der Waals surface area (Å²) in [5.74, 6) is -0.878. The normalized spacial score (nSPS) is 15.6. The number of hydrogen-bond acceptors (Lipinski definition) is 6. The van der Waals surface area contributed by atoms with Crippen molar-refractivity contribution in [1.29, 1.82) is 5.26 Å². The first-order valence-electron chi connectivity index (χ1n) is 10.1. The van der Waals surface area contributed by atoms with Crippen LogP contribution in [0, 0.1) is 17.2 Å². The van der Waals surface area contributed by atoms with Gasteiger partial charge in [-0.25, -0.2) is 8.42 Å². The smallest absolute Gasteiger partial charge is 0.417 e. The first-order chi connectivity index (χ1) is 15.6. The van der Waals surface area contributed by atoms with Crippen molar-refractivity contribution in [3.8, 4) is 17.6 Å². The molecule has 33 heavy (non-hydrogen) atoms. The first-order valence-corrected chi connectivity index (χ1v) is 11.6. The van der Waals surface area contributed by atoms with Crippen molar-refractivity contribution >= 4 is 16.0 Å². The summed E-state index contributed by atoms with van der Waals surface area (Å²) in [7, 11) is -4.40. The Hall–Kier alpha value is -3.10. The average molecular weight is 482 g/mol. The predicted octanol–water partition coefficient (Wildman–Crippen LogP) is 3.98. The van der Waals surface area contributed by atoms with Crippen LogP contribution in [-0.2, 0) is 21.0 Å². The van der Waals surface area contributed by atoms with Gasteiger partial charge in [-0.2, -0.15) is 22.7 Å². The molecule has 0 aliphatic carbocycles. The van der Waals surface area contributed by atoms with Crippen molar-refractivity contribution in [2.45, 2.75) is 30.8 Å². The maximum atomic E-state index is 13.3. The molecule has 0 bridgehead atoms. The van der Waals surface area contributed by atoms with Crippen LogP contribution in [0.15, 0.2) is 47.4 Å². The summed E-state index contributed by atoms with van der Waals surface area (Å²) in [6.45, 7) is 1.77. The molecule has 3 rings (SSSR count). The molecule has 0 radical (unpaired) electrons. The zero-order valence-corrected chi connectivity index (χ0v) is 18.4. The third-order valence-corrected chi connectivity index (χ3v) is 7.14. The van der Waals surface area contributed by atoms with Crippen LogP contribution < -0.4 is 9.47 Å². The van der Waals surface area contributed by atoms with E-state index in [1.165, 1.54) is 24.3 Å². The van der Waals surface area contributed by atoms with Crippen molar-refractivity contribution in [2.24, 2.45) is 5.92 Å². The molecule has 0 atom stereocenters. The number of halogens is 3. The summed E-state index contributed by atoms with van der Waals surface area (Å²) in [6, 6.07) is 10.3. The molecular weight excluding hydrogens is 461 g/mol. The highest BCUT2D eigenvalue weighted by Gasteiger charge is 2.40. The highest BCUT2D eigenvalue weighted by molar-refractivity contribution is 7.89. The summed E-state index contributed by atoms with van der Waals surface area (Å²) in [4.78, 5) is 11.8. The highest BCUT2D eigenvalue weighted by atomic mass is 32.2. The monoisotopic (exact) mass is 482 g/mol. The number of carbonyl (C=O) groups is 1. The van der Waals surface area contributed by atoms with Gasteiger partial charge in [0.2, 0.25) is 10.0 Å². The minimum atomic E-state index is -4.81. The fourth-order valence-corrected chi connectivity index (χ4v) is 5.20. The highest BCUT2D eigenvalue weighted by Crippen LogP contribution is 2.36. The van der Waals surface area contributed by atoms with Gasteiger partial charge < -0.3 is 9.47 Å². The van der Waals surface area contributed by atoms with Crippen LogP contribution in [0.3, 0.4) is 0 Å². The Morgan fingerprint density at radius 2 is 1.82 bits per heavy atom. The van der Waals surface area contributed by atoms with E-state index in [2.05, 4.69) is 0 Å². The fourth-order valence-electron chi connectivity index (χ4n) is 3.52. The molecule has 1 heterocycles. The lowest BCUT2D eigenvalue weighted by molar-refractivity contribution is -0.140. The van der Waals surface area contributed by atoms with E-state index in [1.54, 1.807) is 6.92 Å². The molecule has 7 nitrogen and oxygen atoms in total. The maximum absolute atomic E-state index is 13.3. The summed E-state index contributed by atoms with van der Waals surface area (Å²) >= 11 is 0. The third kappa shape index (κ3) is 5.46. The zero-order valence-electron chi connectivity index (χ0n) is 17.6. The van der Waals surface area contributed by atoms with Crippen molar-refractivity contribution in [3.05, 3.63) is 53.6 Å². The van der Waals surface area contributed by atoms with Gasteiger partial charge in [0.25, 0.3) is 0 Å². The topological polar surface area (TPSA) is 96.7 Å². The van der Waals surface area contributed by atoms with Gasteiger partial charge >= 0.3 is 12.1 Å². The van der Waals surface area contributed by atoms with Crippen LogP contribution in [0.4, 0.5) is 13.2 Å². The summed E-state index contributed by atoms with van der Waals surface area (Å²) in [5, 5.41) is 9.01. The first kappa shape index (κ1) is 24.5. The van der Waals surface area contributed by atoms with Gasteiger partial charge in [-0.15, -0.1) is 0 Å². The van der Waals surface area contributed by atoms with E-state index in [-0.39, 0.29) is 44.0 Å². The molecule has 1 fully saturated rings. The molecule has 1 aliphatic rings. The molecular formula is C22H21F3N2O5S. The van der Waals surface area contributed by atoms with Gasteiger partial charge in [-0.05, 0) is 44.0 Å². The van der Waals surface area contributed by atoms with Gasteiger partial charge in [0.15, 0.2) is 11.5 Å². The van der Waals surface area contributed by atoms with Crippen LogP contribution >= 0.6 is 0 Å². The van der Waals surface area contributed by atoms with Crippen LogP contribution in [0.25, 0.3) is 0 Å². The Kier molecular flexibility index (Phi) is 7.29. The van der Waals surface area contributed by atoms with Crippen molar-refractivity contribution in [2.75, 3.05) is 19.7 Å². The van der Waals surface area contributed by atoms with Gasteiger partial charge in [-0.1, -0.05) is 12.1 Å². The van der Waals surface area contributed by atoms with Gasteiger partial charge in [0.1, 0.15) is 0 Å². The van der Waals surface area contributed by atoms with E-state index in [1.807, 2.05) is 6.07 Å². The van der Waals surface area contributed by atoms with Gasteiger partial charge in [0.05, 0.1) is 34.6 Å². The molecule has 1 aliphatic heterocycles. The Morgan fingerprint density at radius 1 is 1.15 bits per heavy atom. The standard InChI is InChI=1S/C22H21F3N2O5S/c1-2-31-19-13-15(14-26)7-8-18(19)32-21(28)16-9-11-27(12-10-16)33(29,30)20-6-4-3-5-17(20)22(23,24)25/h3-8,13,16H,2,9-12H2,1H3. The summed E-state index contributed by atoms with van der Waals surface area (Å²) in [5.41, 5.74) is -0.897. The Balaban J connectivity index is 1.71. The Morgan fingerprint density at radius 3 is 2.42 bits per heavy atom. The maximum Gasteiger partial charge on any atom is 0.417 e. The number of hydrogen-bond donors (Lipinski definition) is 0. The minimum Gasteiger partial charge on any atom is -0.490 e. The lowest BCUT2D eigenvalue weighted by Gasteiger charge is -2.30. The fraction of sp³-hybridized carbons (Fsp3) is 0.364. The Bertz CT molecular complexity index is 1170. The van der Waals surface area contributed by atoms with Crippen LogP contribution in [0.2, 0.25) is 0 Å². The number of carbonyl (C=O) groups excluding carboxylic acids is 1. The van der Waals surface area contributed by atoms with Crippen LogP contribution in [-0.4, -0.2) is 38.4 Å². The number of sulfonamides is 1. The number of ether oxygens (including phenoxy) is 2. The number of rotatable bonds is 6. The average Bonchev–Trinajstić information content (AvgIpc) is 2.80. The number of nitrogens with zero attached hydrogens (tertiary/aromatic N) is 2. The number of alkyl halides is 3. The predicted molar refractivity (Wildman–Crippen MR) is 111 cm³/mol. The zero-order chi connectivity index (χ0) is 24.2. The molecule has 2 aromatic rings. The number of nitriles is 1. The summed E-state index contributed by atoms with van der Waals surface area (Å²) in [6.07, 6.45) is -4.63.